The molecule has 16 heavy (non-hydrogen) atoms. The Hall–Kier alpha value is -1.24. The van der Waals surface area contributed by atoms with E-state index in [0.717, 1.165) is 26.2 Å². The van der Waals surface area contributed by atoms with Crippen LogP contribution in [0.1, 0.15) is 0 Å². The van der Waals surface area contributed by atoms with Crippen molar-refractivity contribution in [2.75, 3.05) is 26.2 Å². The van der Waals surface area contributed by atoms with E-state index < -0.39 is 4.92 Å². The minimum Gasteiger partial charge on any atom is -0.314 e. The van der Waals surface area contributed by atoms with Crippen LogP contribution in [0.3, 0.4) is 0 Å². The molecule has 1 aromatic rings. The quantitative estimate of drug-likeness (QED) is 0.434. The third-order valence-corrected chi connectivity index (χ3v) is 2.18. The van der Waals surface area contributed by atoms with Crippen LogP contribution in [0.25, 0.3) is 0 Å². The lowest BCUT2D eigenvalue weighted by Gasteiger charge is -2.11. The number of nitrogens with zero attached hydrogens (tertiary/aromatic N) is 2. The highest BCUT2D eigenvalue weighted by Crippen LogP contribution is 2.19. The van der Waals surface area contributed by atoms with Crippen LogP contribution in [0.2, 0.25) is 5.15 Å². The van der Waals surface area contributed by atoms with E-state index in [0.29, 0.717) is 0 Å². The van der Waals surface area contributed by atoms with Crippen LogP contribution in [0.4, 0.5) is 5.69 Å². The molecule has 1 aromatic heterocycles. The first-order valence-electron chi connectivity index (χ1n) is 4.88. The van der Waals surface area contributed by atoms with Gasteiger partial charge in [0.2, 0.25) is 5.15 Å². The van der Waals surface area contributed by atoms with Gasteiger partial charge in [-0.15, -0.1) is 0 Å². The van der Waals surface area contributed by atoms with Gasteiger partial charge in [0.25, 0.3) is 0 Å². The van der Waals surface area contributed by atoms with Gasteiger partial charge in [-0.05, 0) is 6.07 Å². The Morgan fingerprint density at radius 2 is 1.88 bits per heavy atom. The zero-order valence-electron chi connectivity index (χ0n) is 8.65. The monoisotopic (exact) mass is 244 g/mol. The molecule has 0 saturated carbocycles. The Labute approximate surface area is 98.2 Å². The van der Waals surface area contributed by atoms with Gasteiger partial charge < -0.3 is 10.6 Å². The van der Waals surface area contributed by atoms with E-state index in [-0.39, 0.29) is 10.8 Å². The number of nitrogens with one attached hydrogen (secondary N) is 2. The molecule has 2 heterocycles. The maximum atomic E-state index is 10.1. The van der Waals surface area contributed by atoms with Gasteiger partial charge in [0.1, 0.15) is 0 Å². The van der Waals surface area contributed by atoms with E-state index in [1.165, 1.54) is 18.3 Å². The Kier molecular flexibility index (Phi) is 5.69. The summed E-state index contributed by atoms with van der Waals surface area (Å²) in [6.45, 7) is 4.56. The summed E-state index contributed by atoms with van der Waals surface area (Å²) in [5.41, 5.74) is -0.163. The van der Waals surface area contributed by atoms with Crippen molar-refractivity contribution in [2.45, 2.75) is 0 Å². The van der Waals surface area contributed by atoms with Gasteiger partial charge in [-0.1, -0.05) is 11.6 Å². The highest BCUT2D eigenvalue weighted by molar-refractivity contribution is 6.31. The lowest BCUT2D eigenvalue weighted by molar-refractivity contribution is -0.385. The fourth-order valence-electron chi connectivity index (χ4n) is 1.12. The van der Waals surface area contributed by atoms with E-state index in [2.05, 4.69) is 15.6 Å². The Morgan fingerprint density at radius 3 is 2.19 bits per heavy atom. The predicted molar refractivity (Wildman–Crippen MR) is 61.6 cm³/mol. The number of aromatic nitrogens is 1. The maximum Gasteiger partial charge on any atom is 0.306 e. The van der Waals surface area contributed by atoms with Crippen LogP contribution in [-0.2, 0) is 0 Å². The molecule has 0 aromatic carbocycles. The molecule has 7 heteroatoms. The zero-order chi connectivity index (χ0) is 11.8. The molecule has 1 aliphatic rings. The minimum atomic E-state index is -0.574. The number of nitro groups is 1. The van der Waals surface area contributed by atoms with Crippen molar-refractivity contribution in [1.82, 2.24) is 15.6 Å². The molecule has 1 saturated heterocycles. The highest BCUT2D eigenvalue weighted by atomic mass is 35.5. The van der Waals surface area contributed by atoms with Gasteiger partial charge >= 0.3 is 5.69 Å². The van der Waals surface area contributed by atoms with Crippen molar-refractivity contribution in [1.29, 1.82) is 0 Å². The Bertz CT molecular complexity index is 333. The second kappa shape index (κ2) is 7.10. The molecule has 0 atom stereocenters. The first kappa shape index (κ1) is 12.8. The SMILES string of the molecule is C1CNCCN1.O=[N+]([O-])c1cccnc1Cl. The van der Waals surface area contributed by atoms with Crippen molar-refractivity contribution in [3.63, 3.8) is 0 Å². The van der Waals surface area contributed by atoms with Crippen molar-refractivity contribution in [2.24, 2.45) is 0 Å². The van der Waals surface area contributed by atoms with Gasteiger partial charge in [0.15, 0.2) is 0 Å². The predicted octanol–water partition coefficient (Wildman–Crippen LogP) is 0.822. The van der Waals surface area contributed by atoms with E-state index in [1.54, 1.807) is 0 Å². The molecule has 0 bridgehead atoms. The third-order valence-electron chi connectivity index (χ3n) is 1.89. The molecule has 2 N–H and O–H groups in total. The third kappa shape index (κ3) is 4.52. The standard InChI is InChI=1S/C5H3ClN2O2.C4H10N2/c6-5-4(8(9)10)2-1-3-7-5;1-2-6-4-3-5-1/h1-3H;5-6H,1-4H2. The smallest absolute Gasteiger partial charge is 0.306 e. The second-order valence-electron chi connectivity index (χ2n) is 3.07. The molecule has 0 unspecified atom stereocenters. The molecule has 0 aliphatic carbocycles. The lowest BCUT2D eigenvalue weighted by atomic mass is 10.4. The molecular weight excluding hydrogens is 232 g/mol. The van der Waals surface area contributed by atoms with Crippen molar-refractivity contribution < 1.29 is 4.92 Å². The normalized spacial score (nSPS) is 14.8. The number of rotatable bonds is 1. The minimum absolute atomic E-state index is 0.0764. The van der Waals surface area contributed by atoms with Gasteiger partial charge in [0.05, 0.1) is 4.92 Å². The first-order valence-corrected chi connectivity index (χ1v) is 5.26. The summed E-state index contributed by atoms with van der Waals surface area (Å²) < 4.78 is 0. The van der Waals surface area contributed by atoms with Crippen LogP contribution < -0.4 is 10.6 Å². The number of pyridine rings is 1. The van der Waals surface area contributed by atoms with Crippen LogP contribution >= 0.6 is 11.6 Å². The fourth-order valence-corrected chi connectivity index (χ4v) is 1.31. The van der Waals surface area contributed by atoms with Crippen molar-refractivity contribution in [3.8, 4) is 0 Å². The molecule has 1 aliphatic heterocycles. The summed E-state index contributed by atoms with van der Waals surface area (Å²) in [5, 5.41) is 16.5. The molecule has 6 nitrogen and oxygen atoms in total. The van der Waals surface area contributed by atoms with Crippen molar-refractivity contribution >= 4 is 17.3 Å². The average molecular weight is 245 g/mol. The van der Waals surface area contributed by atoms with E-state index >= 15 is 0 Å². The molecule has 0 spiro atoms. The zero-order valence-corrected chi connectivity index (χ0v) is 9.41. The van der Waals surface area contributed by atoms with Gasteiger partial charge in [-0.2, -0.15) is 0 Å². The summed E-state index contributed by atoms with van der Waals surface area (Å²) >= 11 is 5.37. The van der Waals surface area contributed by atoms with Crippen LogP contribution in [0, 0.1) is 10.1 Å². The van der Waals surface area contributed by atoms with Crippen LogP contribution in [0.15, 0.2) is 18.3 Å². The molecular formula is C9H13ClN4O2. The van der Waals surface area contributed by atoms with Crippen LogP contribution in [-0.4, -0.2) is 36.1 Å². The molecule has 88 valence electrons. The molecule has 1 fully saturated rings. The van der Waals surface area contributed by atoms with E-state index in [1.807, 2.05) is 0 Å². The highest BCUT2D eigenvalue weighted by Gasteiger charge is 2.10. The Balaban J connectivity index is 0.000000181. The van der Waals surface area contributed by atoms with E-state index in [9.17, 15) is 10.1 Å². The van der Waals surface area contributed by atoms with Gasteiger partial charge in [0, 0.05) is 38.4 Å². The van der Waals surface area contributed by atoms with Gasteiger partial charge in [-0.3, -0.25) is 10.1 Å². The first-order chi connectivity index (χ1) is 7.72. The number of hydrogen-bond acceptors (Lipinski definition) is 5. The summed E-state index contributed by atoms with van der Waals surface area (Å²) in [6.07, 6.45) is 1.40. The molecule has 2 rings (SSSR count). The Morgan fingerprint density at radius 1 is 1.31 bits per heavy atom. The topological polar surface area (TPSA) is 80.1 Å². The second-order valence-corrected chi connectivity index (χ2v) is 3.43. The number of hydrogen-bond donors (Lipinski definition) is 2. The molecule has 0 radical (unpaired) electrons. The summed E-state index contributed by atoms with van der Waals surface area (Å²) in [6, 6.07) is 2.76. The summed E-state index contributed by atoms with van der Waals surface area (Å²) in [4.78, 5) is 13.1. The summed E-state index contributed by atoms with van der Waals surface area (Å²) in [7, 11) is 0. The largest absolute Gasteiger partial charge is 0.314 e. The average Bonchev–Trinajstić information content (AvgIpc) is 2.32. The number of halogens is 1. The maximum absolute atomic E-state index is 10.1. The fraction of sp³-hybridized carbons (Fsp3) is 0.444. The van der Waals surface area contributed by atoms with E-state index in [4.69, 9.17) is 11.6 Å². The summed E-state index contributed by atoms with van der Waals surface area (Å²) in [5.74, 6) is 0. The number of piperazine rings is 1. The lowest BCUT2D eigenvalue weighted by Crippen LogP contribution is -2.39. The van der Waals surface area contributed by atoms with Crippen LogP contribution in [0.5, 0.6) is 0 Å². The van der Waals surface area contributed by atoms with Crippen molar-refractivity contribution in [3.05, 3.63) is 33.6 Å². The van der Waals surface area contributed by atoms with Gasteiger partial charge in [-0.25, -0.2) is 4.98 Å². The molecule has 0 amide bonds.